The van der Waals surface area contributed by atoms with E-state index in [9.17, 15) is 0 Å². The lowest BCUT2D eigenvalue weighted by Crippen LogP contribution is -2.30. The number of nitrogen functional groups attached to an aromatic ring is 1. The van der Waals surface area contributed by atoms with E-state index in [1.165, 1.54) is 19.4 Å². The third-order valence-electron chi connectivity index (χ3n) is 2.57. The van der Waals surface area contributed by atoms with Crippen LogP contribution in [-0.4, -0.2) is 30.0 Å². The van der Waals surface area contributed by atoms with Crippen LogP contribution in [0.2, 0.25) is 0 Å². The molecule has 2 N–H and O–H groups in total. The van der Waals surface area contributed by atoms with Crippen LogP contribution in [0.3, 0.4) is 0 Å². The number of hydrogen-bond acceptors (Lipinski definition) is 4. The van der Waals surface area contributed by atoms with Gasteiger partial charge in [-0.3, -0.25) is 0 Å². The topological polar surface area (TPSA) is 55.3 Å². The van der Waals surface area contributed by atoms with Gasteiger partial charge in [-0.05, 0) is 26.4 Å². The zero-order chi connectivity index (χ0) is 9.26. The van der Waals surface area contributed by atoms with Gasteiger partial charge in [0.2, 0.25) is 0 Å². The number of likely N-dealkylation sites (N-methyl/N-ethyl adjacent to an activating group) is 1. The molecule has 1 aromatic rings. The molecule has 0 spiro atoms. The van der Waals surface area contributed by atoms with Gasteiger partial charge in [-0.15, -0.1) is 0 Å². The fourth-order valence-electron chi connectivity index (χ4n) is 1.89. The van der Waals surface area contributed by atoms with Gasteiger partial charge in [0.05, 0.1) is 6.20 Å². The van der Waals surface area contributed by atoms with Crippen molar-refractivity contribution in [2.75, 3.05) is 25.9 Å². The van der Waals surface area contributed by atoms with Crippen LogP contribution in [0, 0.1) is 0 Å². The molecule has 0 saturated carbocycles. The molecule has 2 heterocycles. The summed E-state index contributed by atoms with van der Waals surface area (Å²) in [5.74, 6) is 1.41. The molecule has 0 bridgehead atoms. The molecule has 72 valence electrons. The summed E-state index contributed by atoms with van der Waals surface area (Å²) in [6.45, 7) is 2.23. The average Bonchev–Trinajstić information content (AvgIpc) is 2.52. The molecule has 0 aromatic carbocycles. The van der Waals surface area contributed by atoms with E-state index < -0.39 is 0 Å². The zero-order valence-corrected chi connectivity index (χ0v) is 7.86. The summed E-state index contributed by atoms with van der Waals surface area (Å²) in [7, 11) is 2.13. The van der Waals surface area contributed by atoms with Crippen LogP contribution in [0.4, 0.5) is 6.01 Å². The van der Waals surface area contributed by atoms with Crippen molar-refractivity contribution in [1.29, 1.82) is 0 Å². The number of rotatable bonds is 1. The number of likely N-dealkylation sites (tertiary alicyclic amines) is 1. The number of hydrogen-bond donors (Lipinski definition) is 1. The Kier molecular flexibility index (Phi) is 2.22. The maximum Gasteiger partial charge on any atom is 0.292 e. The third kappa shape index (κ3) is 1.83. The van der Waals surface area contributed by atoms with Gasteiger partial charge in [0.1, 0.15) is 5.76 Å². The van der Waals surface area contributed by atoms with Gasteiger partial charge < -0.3 is 15.1 Å². The summed E-state index contributed by atoms with van der Waals surface area (Å²) in [6, 6.07) is 0.281. The summed E-state index contributed by atoms with van der Waals surface area (Å²) < 4.78 is 5.31. The van der Waals surface area contributed by atoms with Crippen molar-refractivity contribution in [2.45, 2.75) is 18.8 Å². The lowest BCUT2D eigenvalue weighted by molar-refractivity contribution is 0.235. The minimum atomic E-state index is 0.281. The highest BCUT2D eigenvalue weighted by molar-refractivity contribution is 5.14. The smallest absolute Gasteiger partial charge is 0.292 e. The Bertz CT molecular complexity index is 284. The van der Waals surface area contributed by atoms with Crippen LogP contribution in [0.1, 0.15) is 24.5 Å². The van der Waals surface area contributed by atoms with Crippen molar-refractivity contribution in [2.24, 2.45) is 0 Å². The predicted octanol–water partition coefficient (Wildman–Crippen LogP) is 1.07. The SMILES string of the molecule is CN1CCCC(c2cnc(N)o2)C1. The van der Waals surface area contributed by atoms with Crippen LogP contribution >= 0.6 is 0 Å². The average molecular weight is 181 g/mol. The summed E-state index contributed by atoms with van der Waals surface area (Å²) in [6.07, 6.45) is 4.15. The molecular weight excluding hydrogens is 166 g/mol. The minimum absolute atomic E-state index is 0.281. The van der Waals surface area contributed by atoms with E-state index in [-0.39, 0.29) is 6.01 Å². The zero-order valence-electron chi connectivity index (χ0n) is 7.86. The van der Waals surface area contributed by atoms with Crippen LogP contribution in [0.15, 0.2) is 10.6 Å². The molecule has 1 aliphatic heterocycles. The van der Waals surface area contributed by atoms with Crippen LogP contribution < -0.4 is 5.73 Å². The van der Waals surface area contributed by atoms with Gasteiger partial charge in [0.15, 0.2) is 0 Å². The van der Waals surface area contributed by atoms with Crippen molar-refractivity contribution in [3.63, 3.8) is 0 Å². The highest BCUT2D eigenvalue weighted by Gasteiger charge is 2.21. The van der Waals surface area contributed by atoms with E-state index in [0.717, 1.165) is 12.3 Å². The number of nitrogens with zero attached hydrogens (tertiary/aromatic N) is 2. The van der Waals surface area contributed by atoms with Crippen LogP contribution in [0.5, 0.6) is 0 Å². The Labute approximate surface area is 77.7 Å². The van der Waals surface area contributed by atoms with Gasteiger partial charge in [-0.25, -0.2) is 4.98 Å². The molecule has 0 radical (unpaired) electrons. The van der Waals surface area contributed by atoms with Crippen LogP contribution in [0.25, 0.3) is 0 Å². The second-order valence-corrected chi connectivity index (χ2v) is 3.70. The first-order valence-corrected chi connectivity index (χ1v) is 4.65. The quantitative estimate of drug-likeness (QED) is 0.704. The Morgan fingerprint density at radius 3 is 3.15 bits per heavy atom. The molecule has 1 saturated heterocycles. The first kappa shape index (κ1) is 8.56. The van der Waals surface area contributed by atoms with Crippen molar-refractivity contribution in [3.8, 4) is 0 Å². The first-order valence-electron chi connectivity index (χ1n) is 4.65. The molecule has 1 aromatic heterocycles. The Morgan fingerprint density at radius 1 is 1.69 bits per heavy atom. The van der Waals surface area contributed by atoms with E-state index in [1.54, 1.807) is 6.20 Å². The maximum atomic E-state index is 5.43. The van der Waals surface area contributed by atoms with E-state index in [1.807, 2.05) is 0 Å². The number of aromatic nitrogens is 1. The highest BCUT2D eigenvalue weighted by atomic mass is 16.4. The molecule has 2 rings (SSSR count). The van der Waals surface area contributed by atoms with Gasteiger partial charge >= 0.3 is 0 Å². The highest BCUT2D eigenvalue weighted by Crippen LogP contribution is 2.26. The lowest BCUT2D eigenvalue weighted by atomic mass is 9.97. The molecule has 0 amide bonds. The number of nitrogens with two attached hydrogens (primary N) is 1. The standard InChI is InChI=1S/C9H15N3O/c1-12-4-2-3-7(6-12)8-5-11-9(10)13-8/h5,7H,2-4,6H2,1H3,(H2,10,11). The van der Waals surface area contributed by atoms with Crippen molar-refractivity contribution in [1.82, 2.24) is 9.88 Å². The van der Waals surface area contributed by atoms with Gasteiger partial charge in [-0.2, -0.15) is 0 Å². The molecule has 4 nitrogen and oxygen atoms in total. The van der Waals surface area contributed by atoms with Gasteiger partial charge in [-0.1, -0.05) is 0 Å². The van der Waals surface area contributed by atoms with Crippen molar-refractivity contribution in [3.05, 3.63) is 12.0 Å². The fraction of sp³-hybridized carbons (Fsp3) is 0.667. The Balaban J connectivity index is 2.08. The van der Waals surface area contributed by atoms with Gasteiger partial charge in [0.25, 0.3) is 6.01 Å². The van der Waals surface area contributed by atoms with Crippen molar-refractivity contribution < 1.29 is 4.42 Å². The van der Waals surface area contributed by atoms with Crippen molar-refractivity contribution >= 4 is 6.01 Å². The second kappa shape index (κ2) is 3.38. The second-order valence-electron chi connectivity index (χ2n) is 3.70. The summed E-state index contributed by atoms with van der Waals surface area (Å²) in [5.41, 5.74) is 5.43. The number of piperidine rings is 1. The van der Waals surface area contributed by atoms with E-state index in [2.05, 4.69) is 16.9 Å². The summed E-state index contributed by atoms with van der Waals surface area (Å²) in [4.78, 5) is 6.22. The largest absolute Gasteiger partial charge is 0.429 e. The molecule has 1 aliphatic rings. The van der Waals surface area contributed by atoms with E-state index >= 15 is 0 Å². The molecule has 13 heavy (non-hydrogen) atoms. The molecule has 0 aliphatic carbocycles. The Morgan fingerprint density at radius 2 is 2.54 bits per heavy atom. The summed E-state index contributed by atoms with van der Waals surface area (Å²) in [5, 5.41) is 0. The number of oxazole rings is 1. The van der Waals surface area contributed by atoms with Gasteiger partial charge in [0, 0.05) is 12.5 Å². The summed E-state index contributed by atoms with van der Waals surface area (Å²) >= 11 is 0. The molecule has 1 fully saturated rings. The molecule has 1 unspecified atom stereocenters. The van der Waals surface area contributed by atoms with E-state index in [0.29, 0.717) is 5.92 Å². The third-order valence-corrected chi connectivity index (χ3v) is 2.57. The molecule has 1 atom stereocenters. The minimum Gasteiger partial charge on any atom is -0.429 e. The molecular formula is C9H15N3O. The predicted molar refractivity (Wildman–Crippen MR) is 50.4 cm³/mol. The fourth-order valence-corrected chi connectivity index (χ4v) is 1.89. The van der Waals surface area contributed by atoms with Crippen LogP contribution in [-0.2, 0) is 0 Å². The monoisotopic (exact) mass is 181 g/mol. The number of anilines is 1. The maximum absolute atomic E-state index is 5.43. The Hall–Kier alpha value is -1.03. The molecule has 4 heteroatoms. The lowest BCUT2D eigenvalue weighted by Gasteiger charge is -2.27. The first-order chi connectivity index (χ1) is 6.25. The normalized spacial score (nSPS) is 24.8. The van der Waals surface area contributed by atoms with E-state index in [4.69, 9.17) is 10.2 Å².